The number of phenols is 1. The zero-order chi connectivity index (χ0) is 25.2. The summed E-state index contributed by atoms with van der Waals surface area (Å²) in [5.74, 6) is -0.264. The Kier molecular flexibility index (Phi) is 5.82. The molecule has 9 nitrogen and oxygen atoms in total. The Balaban J connectivity index is 1.58. The van der Waals surface area contributed by atoms with Gasteiger partial charge in [-0.05, 0) is 41.3 Å². The van der Waals surface area contributed by atoms with Gasteiger partial charge in [-0.3, -0.25) is 4.57 Å². The Hall–Kier alpha value is -5.14. The summed E-state index contributed by atoms with van der Waals surface area (Å²) >= 11 is 1.27. The van der Waals surface area contributed by atoms with Crippen LogP contribution in [0.5, 0.6) is 17.4 Å². The monoisotopic (exact) mass is 496 g/mol. The highest BCUT2D eigenvalue weighted by molar-refractivity contribution is 7.10. The van der Waals surface area contributed by atoms with E-state index in [-0.39, 0.29) is 28.8 Å². The Bertz CT molecular complexity index is 1700. The van der Waals surface area contributed by atoms with E-state index >= 15 is 0 Å². The summed E-state index contributed by atoms with van der Waals surface area (Å²) in [5.41, 5.74) is 2.41. The lowest BCUT2D eigenvalue weighted by Gasteiger charge is -2.08. The van der Waals surface area contributed by atoms with Crippen LogP contribution in [-0.4, -0.2) is 26.0 Å². The smallest absolute Gasteiger partial charge is 0.505 e. The minimum atomic E-state index is -1.44. The van der Waals surface area contributed by atoms with Crippen LogP contribution in [0.1, 0.15) is 4.88 Å². The first-order valence-electron chi connectivity index (χ1n) is 10.5. The van der Waals surface area contributed by atoms with Crippen molar-refractivity contribution in [3.63, 3.8) is 0 Å². The van der Waals surface area contributed by atoms with Crippen molar-refractivity contribution >= 4 is 39.8 Å². The van der Waals surface area contributed by atoms with E-state index in [4.69, 9.17) is 9.84 Å². The summed E-state index contributed by atoms with van der Waals surface area (Å²) in [7, 11) is 0. The first-order valence-corrected chi connectivity index (χ1v) is 11.4. The van der Waals surface area contributed by atoms with Crippen LogP contribution in [0.2, 0.25) is 0 Å². The van der Waals surface area contributed by atoms with E-state index in [1.165, 1.54) is 23.5 Å². The van der Waals surface area contributed by atoms with Crippen LogP contribution in [0.4, 0.5) is 16.2 Å². The number of phenolic OH excluding ortho intramolecular Hbond substituents is 1. The highest BCUT2D eigenvalue weighted by Crippen LogP contribution is 2.44. The van der Waals surface area contributed by atoms with E-state index in [1.54, 1.807) is 64.5 Å². The third kappa shape index (κ3) is 4.00. The maximum Gasteiger partial charge on any atom is 0.511 e. The number of rotatable bonds is 5. The summed E-state index contributed by atoms with van der Waals surface area (Å²) in [6.45, 7) is 0. The molecule has 176 valence electrons. The largest absolute Gasteiger partial charge is 0.511 e. The minimum absolute atomic E-state index is 0.106. The predicted octanol–water partition coefficient (Wildman–Crippen LogP) is 7.11. The number of ether oxygens (including phenoxy) is 1. The number of nitriles is 1. The van der Waals surface area contributed by atoms with Gasteiger partial charge in [0.1, 0.15) is 22.4 Å². The van der Waals surface area contributed by atoms with Gasteiger partial charge in [-0.15, -0.1) is 21.6 Å². The zero-order valence-corrected chi connectivity index (χ0v) is 19.2. The number of azo groups is 1. The maximum absolute atomic E-state index is 11.1. The standard InChI is InChI=1S/C26H16N4O5S/c27-14-22-21(11-12-36-22)30-20-10-2-1-7-18(20)23(25(30)32)29-28-19-9-4-8-17(24(19)31)15-5-3-6-16(13-15)35-26(33)34/h1-13,31-32H,(H,33,34). The summed E-state index contributed by atoms with van der Waals surface area (Å²) in [6, 6.07) is 22.2. The minimum Gasteiger partial charge on any atom is -0.505 e. The van der Waals surface area contributed by atoms with E-state index in [2.05, 4.69) is 16.3 Å². The molecular weight excluding hydrogens is 480 g/mol. The lowest BCUT2D eigenvalue weighted by atomic mass is 10.0. The molecule has 0 atom stereocenters. The van der Waals surface area contributed by atoms with Crippen LogP contribution < -0.4 is 4.74 Å². The maximum atomic E-state index is 11.1. The fraction of sp³-hybridized carbons (Fsp3) is 0. The van der Waals surface area contributed by atoms with Crippen LogP contribution in [0.3, 0.4) is 0 Å². The Morgan fingerprint density at radius 1 is 1.00 bits per heavy atom. The van der Waals surface area contributed by atoms with Crippen LogP contribution in [-0.2, 0) is 0 Å². The van der Waals surface area contributed by atoms with Gasteiger partial charge in [0.05, 0.1) is 11.2 Å². The molecule has 2 heterocycles. The van der Waals surface area contributed by atoms with Gasteiger partial charge in [0, 0.05) is 10.9 Å². The molecule has 0 spiro atoms. The van der Waals surface area contributed by atoms with E-state index in [1.807, 2.05) is 6.07 Å². The molecule has 3 N–H and O–H groups in total. The molecule has 2 aromatic heterocycles. The number of hydrogen-bond acceptors (Lipinski definition) is 8. The topological polar surface area (TPSA) is 140 Å². The molecule has 0 aliphatic heterocycles. The van der Waals surface area contributed by atoms with E-state index in [9.17, 15) is 20.3 Å². The quantitative estimate of drug-likeness (QED) is 0.134. The van der Waals surface area contributed by atoms with Crippen molar-refractivity contribution in [2.45, 2.75) is 0 Å². The molecule has 0 saturated carbocycles. The van der Waals surface area contributed by atoms with Crippen LogP contribution in [0, 0.1) is 11.3 Å². The van der Waals surface area contributed by atoms with Gasteiger partial charge in [0.2, 0.25) is 5.88 Å². The molecule has 3 aromatic carbocycles. The summed E-state index contributed by atoms with van der Waals surface area (Å²) in [6.07, 6.45) is -1.44. The number of carboxylic acid groups (broad SMARTS) is 1. The second-order valence-corrected chi connectivity index (χ2v) is 8.46. The van der Waals surface area contributed by atoms with Gasteiger partial charge < -0.3 is 20.1 Å². The lowest BCUT2D eigenvalue weighted by Crippen LogP contribution is -2.02. The van der Waals surface area contributed by atoms with Crippen molar-refractivity contribution in [1.29, 1.82) is 5.26 Å². The first-order chi connectivity index (χ1) is 17.5. The van der Waals surface area contributed by atoms with Crippen molar-refractivity contribution in [3.05, 3.63) is 83.1 Å². The molecule has 36 heavy (non-hydrogen) atoms. The molecule has 5 aromatic rings. The van der Waals surface area contributed by atoms with E-state index < -0.39 is 6.16 Å². The third-order valence-corrected chi connectivity index (χ3v) is 6.24. The molecule has 5 rings (SSSR count). The second-order valence-electron chi connectivity index (χ2n) is 7.54. The molecule has 10 heteroatoms. The average molecular weight is 497 g/mol. The Labute approximate surface area is 208 Å². The molecule has 0 amide bonds. The average Bonchev–Trinajstić information content (AvgIpc) is 3.44. The number of para-hydroxylation sites is 2. The SMILES string of the molecule is N#Cc1sccc1-n1c(O)c(N=Nc2cccc(-c3cccc(OC(=O)O)c3)c2O)c2ccccc21. The van der Waals surface area contributed by atoms with Crippen molar-refractivity contribution in [3.8, 4) is 40.3 Å². The number of benzene rings is 3. The van der Waals surface area contributed by atoms with E-state index in [0.717, 1.165) is 0 Å². The molecule has 0 fully saturated rings. The van der Waals surface area contributed by atoms with Gasteiger partial charge >= 0.3 is 6.16 Å². The fourth-order valence-corrected chi connectivity index (χ4v) is 4.56. The third-order valence-electron chi connectivity index (χ3n) is 5.43. The zero-order valence-electron chi connectivity index (χ0n) is 18.4. The number of aromatic nitrogens is 1. The number of aromatic hydroxyl groups is 2. The van der Waals surface area contributed by atoms with Gasteiger partial charge in [-0.2, -0.15) is 5.26 Å². The Morgan fingerprint density at radius 2 is 1.81 bits per heavy atom. The normalized spacial score (nSPS) is 11.1. The van der Waals surface area contributed by atoms with Crippen molar-refractivity contribution in [1.82, 2.24) is 4.57 Å². The van der Waals surface area contributed by atoms with Gasteiger partial charge in [-0.25, -0.2) is 4.79 Å². The van der Waals surface area contributed by atoms with Crippen molar-refractivity contribution < 1.29 is 24.9 Å². The van der Waals surface area contributed by atoms with Crippen molar-refractivity contribution in [2.75, 3.05) is 0 Å². The van der Waals surface area contributed by atoms with Gasteiger partial charge in [0.15, 0.2) is 11.4 Å². The van der Waals surface area contributed by atoms with Crippen LogP contribution in [0.25, 0.3) is 27.7 Å². The molecular formula is C26H16N4O5S. The fourth-order valence-electron chi connectivity index (χ4n) is 3.89. The number of nitrogens with zero attached hydrogens (tertiary/aromatic N) is 4. The van der Waals surface area contributed by atoms with Crippen LogP contribution >= 0.6 is 11.3 Å². The highest BCUT2D eigenvalue weighted by Gasteiger charge is 2.20. The second kappa shape index (κ2) is 9.25. The highest BCUT2D eigenvalue weighted by atomic mass is 32.1. The molecule has 0 saturated heterocycles. The molecule has 0 aliphatic carbocycles. The molecule has 0 radical (unpaired) electrons. The number of carbonyl (C=O) groups is 1. The molecule has 0 bridgehead atoms. The number of fused-ring (bicyclic) bond motifs is 1. The number of hydrogen-bond donors (Lipinski definition) is 3. The summed E-state index contributed by atoms with van der Waals surface area (Å²) < 4.78 is 6.24. The Morgan fingerprint density at radius 3 is 2.61 bits per heavy atom. The summed E-state index contributed by atoms with van der Waals surface area (Å²) in [4.78, 5) is 11.3. The molecule has 0 unspecified atom stereocenters. The number of thiophene rings is 1. The molecule has 0 aliphatic rings. The predicted molar refractivity (Wildman–Crippen MR) is 134 cm³/mol. The summed E-state index contributed by atoms with van der Waals surface area (Å²) in [5, 5.41) is 51.1. The van der Waals surface area contributed by atoms with Crippen molar-refractivity contribution in [2.24, 2.45) is 10.2 Å². The first kappa shape index (κ1) is 22.6. The lowest BCUT2D eigenvalue weighted by molar-refractivity contribution is 0.144. The van der Waals surface area contributed by atoms with Gasteiger partial charge in [-0.1, -0.05) is 42.5 Å². The van der Waals surface area contributed by atoms with Gasteiger partial charge in [0.25, 0.3) is 0 Å². The van der Waals surface area contributed by atoms with E-state index in [0.29, 0.717) is 32.6 Å². The van der Waals surface area contributed by atoms with Crippen LogP contribution in [0.15, 0.2) is 88.4 Å².